The van der Waals surface area contributed by atoms with Gasteiger partial charge in [-0.1, -0.05) is 32.0 Å². The Morgan fingerprint density at radius 1 is 1.36 bits per heavy atom. The van der Waals surface area contributed by atoms with Gasteiger partial charge in [0, 0.05) is 31.6 Å². The van der Waals surface area contributed by atoms with Gasteiger partial charge in [-0.05, 0) is 12.0 Å². The maximum atomic E-state index is 12.7. The van der Waals surface area contributed by atoms with Crippen LogP contribution in [0, 0.1) is 5.92 Å². The van der Waals surface area contributed by atoms with Gasteiger partial charge in [0.25, 0.3) is 0 Å². The van der Waals surface area contributed by atoms with Crippen molar-refractivity contribution in [1.29, 1.82) is 0 Å². The first-order chi connectivity index (χ1) is 11.8. The quantitative estimate of drug-likeness (QED) is 0.792. The number of nitrogens with zero attached hydrogens (tertiary/aromatic N) is 1. The average molecular weight is 368 g/mol. The Balaban J connectivity index is 2.11. The summed E-state index contributed by atoms with van der Waals surface area (Å²) in [6, 6.07) is 7.49. The number of para-hydroxylation sites is 1. The summed E-state index contributed by atoms with van der Waals surface area (Å²) in [5.41, 5.74) is 0.940. The summed E-state index contributed by atoms with van der Waals surface area (Å²) < 4.78 is 29.6. The van der Waals surface area contributed by atoms with Crippen molar-refractivity contribution in [3.05, 3.63) is 29.8 Å². The molecule has 0 aliphatic carbocycles. The van der Waals surface area contributed by atoms with Gasteiger partial charge >= 0.3 is 0 Å². The van der Waals surface area contributed by atoms with Crippen LogP contribution >= 0.6 is 0 Å². The van der Waals surface area contributed by atoms with E-state index in [0.717, 1.165) is 11.3 Å². The fourth-order valence-electron chi connectivity index (χ4n) is 3.20. The fraction of sp³-hybridized carbons (Fsp3) is 0.611. The van der Waals surface area contributed by atoms with Crippen LogP contribution in [0.5, 0.6) is 5.75 Å². The van der Waals surface area contributed by atoms with E-state index in [2.05, 4.69) is 5.32 Å². The third kappa shape index (κ3) is 5.44. The third-order valence-electron chi connectivity index (χ3n) is 4.28. The molecule has 0 radical (unpaired) electrons. The summed E-state index contributed by atoms with van der Waals surface area (Å²) in [4.78, 5) is 14.5. The second-order valence-electron chi connectivity index (χ2n) is 6.81. The van der Waals surface area contributed by atoms with Gasteiger partial charge in [0.05, 0.1) is 24.7 Å². The number of ether oxygens (including phenoxy) is 1. The molecule has 2 rings (SSSR count). The van der Waals surface area contributed by atoms with Crippen LogP contribution in [0.15, 0.2) is 24.3 Å². The second-order valence-corrected chi connectivity index (χ2v) is 9.04. The van der Waals surface area contributed by atoms with Crippen LogP contribution in [0.4, 0.5) is 0 Å². The molecule has 1 N–H and O–H groups in total. The normalized spacial score (nSPS) is 18.4. The van der Waals surface area contributed by atoms with Crippen LogP contribution < -0.4 is 10.1 Å². The first-order valence-electron chi connectivity index (χ1n) is 8.67. The maximum absolute atomic E-state index is 12.7. The number of piperazine rings is 1. The van der Waals surface area contributed by atoms with E-state index in [4.69, 9.17) is 4.74 Å². The van der Waals surface area contributed by atoms with E-state index in [1.54, 1.807) is 12.0 Å². The largest absolute Gasteiger partial charge is 0.496 e. The molecule has 1 aromatic rings. The molecule has 25 heavy (non-hydrogen) atoms. The molecule has 0 aromatic heterocycles. The number of amides is 1. The molecule has 0 bridgehead atoms. The molecule has 1 saturated heterocycles. The predicted molar refractivity (Wildman–Crippen MR) is 98.4 cm³/mol. The van der Waals surface area contributed by atoms with Crippen molar-refractivity contribution in [3.8, 4) is 5.75 Å². The number of benzene rings is 1. The van der Waals surface area contributed by atoms with Crippen molar-refractivity contribution in [2.75, 3.05) is 38.2 Å². The van der Waals surface area contributed by atoms with Crippen LogP contribution in [0.2, 0.25) is 0 Å². The predicted octanol–water partition coefficient (Wildman–Crippen LogP) is 1.63. The molecule has 7 heteroatoms. The van der Waals surface area contributed by atoms with Crippen LogP contribution in [-0.2, 0) is 14.6 Å². The number of methoxy groups -OCH3 is 1. The molecule has 0 saturated carbocycles. The second kappa shape index (κ2) is 8.67. The Hall–Kier alpha value is -1.60. The molecule has 1 fully saturated rings. The first-order valence-corrected chi connectivity index (χ1v) is 10.5. The van der Waals surface area contributed by atoms with E-state index in [1.807, 2.05) is 38.1 Å². The van der Waals surface area contributed by atoms with Crippen LogP contribution in [0.3, 0.4) is 0 Å². The van der Waals surface area contributed by atoms with E-state index < -0.39 is 9.84 Å². The first kappa shape index (κ1) is 19.7. The molecule has 1 atom stereocenters. The lowest BCUT2D eigenvalue weighted by Crippen LogP contribution is -2.49. The Morgan fingerprint density at radius 3 is 2.76 bits per heavy atom. The zero-order valence-corrected chi connectivity index (χ0v) is 16.0. The van der Waals surface area contributed by atoms with Crippen molar-refractivity contribution in [2.24, 2.45) is 5.92 Å². The molecule has 1 aliphatic heterocycles. The van der Waals surface area contributed by atoms with Gasteiger partial charge in [-0.2, -0.15) is 0 Å². The van der Waals surface area contributed by atoms with Gasteiger partial charge in [-0.25, -0.2) is 8.42 Å². The average Bonchev–Trinajstić information content (AvgIpc) is 2.58. The molecule has 0 spiro atoms. The number of carbonyl (C=O) groups is 1. The highest BCUT2D eigenvalue weighted by atomic mass is 32.2. The lowest BCUT2D eigenvalue weighted by molar-refractivity contribution is -0.134. The molecule has 1 aliphatic rings. The van der Waals surface area contributed by atoms with Gasteiger partial charge < -0.3 is 15.0 Å². The molecule has 1 aromatic carbocycles. The topological polar surface area (TPSA) is 75.7 Å². The molecule has 140 valence electrons. The summed E-state index contributed by atoms with van der Waals surface area (Å²) >= 11 is 0. The van der Waals surface area contributed by atoms with E-state index in [1.165, 1.54) is 0 Å². The van der Waals surface area contributed by atoms with Gasteiger partial charge in [-0.15, -0.1) is 0 Å². The minimum atomic E-state index is -3.20. The van der Waals surface area contributed by atoms with Gasteiger partial charge in [0.1, 0.15) is 5.75 Å². The van der Waals surface area contributed by atoms with E-state index in [-0.39, 0.29) is 35.8 Å². The minimum Gasteiger partial charge on any atom is -0.496 e. The van der Waals surface area contributed by atoms with Gasteiger partial charge in [0.2, 0.25) is 5.91 Å². The highest BCUT2D eigenvalue weighted by Crippen LogP contribution is 2.30. The van der Waals surface area contributed by atoms with Crippen molar-refractivity contribution in [1.82, 2.24) is 10.2 Å². The van der Waals surface area contributed by atoms with Gasteiger partial charge in [-0.3, -0.25) is 4.79 Å². The SMILES string of the molecule is COc1ccccc1C1CNCCN1C(=O)CCS(=O)(=O)CC(C)C. The van der Waals surface area contributed by atoms with Crippen molar-refractivity contribution in [3.63, 3.8) is 0 Å². The Morgan fingerprint density at radius 2 is 2.08 bits per heavy atom. The van der Waals surface area contributed by atoms with E-state index in [0.29, 0.717) is 19.6 Å². The van der Waals surface area contributed by atoms with Crippen LogP contribution in [0.25, 0.3) is 0 Å². The molecule has 6 nitrogen and oxygen atoms in total. The molecule has 1 unspecified atom stereocenters. The summed E-state index contributed by atoms with van der Waals surface area (Å²) in [6.45, 7) is 5.63. The summed E-state index contributed by atoms with van der Waals surface area (Å²) in [5, 5.41) is 3.30. The monoisotopic (exact) mass is 368 g/mol. The Labute approximate surface area is 150 Å². The Bertz CT molecular complexity index is 688. The van der Waals surface area contributed by atoms with E-state index >= 15 is 0 Å². The number of hydrogen-bond acceptors (Lipinski definition) is 5. The molecular weight excluding hydrogens is 340 g/mol. The lowest BCUT2D eigenvalue weighted by Gasteiger charge is -2.37. The molecular formula is C18H28N2O4S. The number of rotatable bonds is 7. The number of sulfone groups is 1. The number of hydrogen-bond donors (Lipinski definition) is 1. The summed E-state index contributed by atoms with van der Waals surface area (Å²) in [5.74, 6) is 0.719. The lowest BCUT2D eigenvalue weighted by atomic mass is 10.0. The highest BCUT2D eigenvalue weighted by molar-refractivity contribution is 7.91. The van der Waals surface area contributed by atoms with Crippen LogP contribution in [0.1, 0.15) is 31.9 Å². The minimum absolute atomic E-state index is 0.0285. The summed E-state index contributed by atoms with van der Waals surface area (Å²) in [6.07, 6.45) is 0.0285. The molecule has 1 amide bonds. The fourth-order valence-corrected chi connectivity index (χ4v) is 4.87. The molecule has 1 heterocycles. The van der Waals surface area contributed by atoms with Crippen LogP contribution in [-0.4, -0.2) is 57.5 Å². The van der Waals surface area contributed by atoms with Crippen molar-refractivity contribution >= 4 is 15.7 Å². The number of nitrogens with one attached hydrogen (secondary N) is 1. The van der Waals surface area contributed by atoms with Crippen molar-refractivity contribution in [2.45, 2.75) is 26.3 Å². The standard InChI is InChI=1S/C18H28N2O4S/c1-14(2)13-25(22,23)11-8-18(21)20-10-9-19-12-16(20)15-6-4-5-7-17(15)24-3/h4-7,14,16,19H,8-13H2,1-3H3. The van der Waals surface area contributed by atoms with Gasteiger partial charge in [0.15, 0.2) is 9.84 Å². The maximum Gasteiger partial charge on any atom is 0.224 e. The van der Waals surface area contributed by atoms with Crippen molar-refractivity contribution < 1.29 is 17.9 Å². The number of carbonyl (C=O) groups excluding carboxylic acids is 1. The zero-order valence-electron chi connectivity index (χ0n) is 15.2. The smallest absolute Gasteiger partial charge is 0.224 e. The highest BCUT2D eigenvalue weighted by Gasteiger charge is 2.30. The van der Waals surface area contributed by atoms with E-state index in [9.17, 15) is 13.2 Å². The summed E-state index contributed by atoms with van der Waals surface area (Å²) in [7, 11) is -1.59. The third-order valence-corrected chi connectivity index (χ3v) is 6.28. The zero-order chi connectivity index (χ0) is 18.4. The Kier molecular flexibility index (Phi) is 6.84.